The summed E-state index contributed by atoms with van der Waals surface area (Å²) in [6.07, 6.45) is 6.87. The van der Waals surface area contributed by atoms with Gasteiger partial charge in [0.1, 0.15) is 17.5 Å². The van der Waals surface area contributed by atoms with Gasteiger partial charge >= 0.3 is 0 Å². The Bertz CT molecular complexity index is 1320. The normalized spacial score (nSPS) is 11.3. The third-order valence-electron chi connectivity index (χ3n) is 6.38. The molecule has 0 saturated carbocycles. The van der Waals surface area contributed by atoms with Crippen LogP contribution in [0.1, 0.15) is 44.6 Å². The van der Waals surface area contributed by atoms with Crippen LogP contribution in [0.5, 0.6) is 5.75 Å². The van der Waals surface area contributed by atoms with Gasteiger partial charge in [0.25, 0.3) is 0 Å². The van der Waals surface area contributed by atoms with Crippen molar-refractivity contribution in [2.24, 2.45) is 0 Å². The predicted molar refractivity (Wildman–Crippen MR) is 134 cm³/mol. The lowest BCUT2D eigenvalue weighted by molar-refractivity contribution is 0.386. The number of rotatable bonds is 9. The number of unbranched alkanes of at least 4 members (excludes halogenated alkanes) is 4. The van der Waals surface area contributed by atoms with Crippen LogP contribution in [0.25, 0.3) is 33.0 Å². The molecule has 0 unspecified atom stereocenters. The van der Waals surface area contributed by atoms with Crippen LogP contribution < -0.4 is 4.74 Å². The van der Waals surface area contributed by atoms with Gasteiger partial charge in [0.2, 0.25) is 0 Å². The summed E-state index contributed by atoms with van der Waals surface area (Å²) in [5.41, 5.74) is 0.993. The molecular weight excluding hydrogens is 452 g/mol. The minimum Gasteiger partial charge on any atom is -0.494 e. The Morgan fingerprint density at radius 1 is 0.686 bits per heavy atom. The third-order valence-corrected chi connectivity index (χ3v) is 6.38. The Kier molecular flexibility index (Phi) is 7.74. The number of halogens is 4. The van der Waals surface area contributed by atoms with E-state index < -0.39 is 23.3 Å². The fraction of sp³-hybridized carbons (Fsp3) is 0.267. The van der Waals surface area contributed by atoms with E-state index in [9.17, 15) is 13.2 Å². The number of benzene rings is 4. The molecule has 0 fully saturated rings. The third kappa shape index (κ3) is 5.34. The van der Waals surface area contributed by atoms with Crippen molar-refractivity contribution in [3.63, 3.8) is 0 Å². The monoisotopic (exact) mass is 480 g/mol. The molecular formula is C30H28F4O. The molecule has 0 N–H and O–H groups in total. The number of methoxy groups -OCH3 is 1. The first-order chi connectivity index (χ1) is 16.9. The summed E-state index contributed by atoms with van der Waals surface area (Å²) < 4.78 is 64.3. The first-order valence-corrected chi connectivity index (χ1v) is 12.0. The van der Waals surface area contributed by atoms with Crippen LogP contribution in [0.3, 0.4) is 0 Å². The summed E-state index contributed by atoms with van der Waals surface area (Å²) in [6.45, 7) is 2.19. The summed E-state index contributed by atoms with van der Waals surface area (Å²) in [5, 5.41) is 1.16. The highest BCUT2D eigenvalue weighted by atomic mass is 19.1. The Morgan fingerprint density at radius 2 is 1.40 bits per heavy atom. The SMILES string of the molecule is CCCCCCCc1ccc2c(F)c(-c3cc(F)c(-c4ccc(OC)c(F)c4)c(F)c3)ccc2c1. The Hall–Kier alpha value is -3.34. The molecule has 0 radical (unpaired) electrons. The number of fused-ring (bicyclic) bond motifs is 1. The van der Waals surface area contributed by atoms with Gasteiger partial charge in [0, 0.05) is 10.9 Å². The molecule has 0 heterocycles. The zero-order valence-electron chi connectivity index (χ0n) is 19.9. The van der Waals surface area contributed by atoms with Crippen LogP contribution >= 0.6 is 0 Å². The molecule has 0 aliphatic heterocycles. The number of ether oxygens (including phenoxy) is 1. The fourth-order valence-corrected chi connectivity index (χ4v) is 4.48. The second-order valence-electron chi connectivity index (χ2n) is 8.81. The van der Waals surface area contributed by atoms with Gasteiger partial charge in [-0.15, -0.1) is 0 Å². The molecule has 35 heavy (non-hydrogen) atoms. The van der Waals surface area contributed by atoms with Crippen molar-refractivity contribution in [2.45, 2.75) is 45.4 Å². The first kappa shape index (κ1) is 24.8. The van der Waals surface area contributed by atoms with Gasteiger partial charge in [0.15, 0.2) is 11.6 Å². The highest BCUT2D eigenvalue weighted by Crippen LogP contribution is 2.35. The maximum atomic E-state index is 15.4. The zero-order chi connectivity index (χ0) is 24.9. The second kappa shape index (κ2) is 10.9. The molecule has 1 nitrogen and oxygen atoms in total. The van der Waals surface area contributed by atoms with Crippen LogP contribution in [-0.2, 0) is 6.42 Å². The fourth-order valence-electron chi connectivity index (χ4n) is 4.48. The van der Waals surface area contributed by atoms with Crippen LogP contribution in [0, 0.1) is 23.3 Å². The average Bonchev–Trinajstić information content (AvgIpc) is 2.84. The van der Waals surface area contributed by atoms with Crippen LogP contribution in [-0.4, -0.2) is 7.11 Å². The van der Waals surface area contributed by atoms with Gasteiger partial charge < -0.3 is 4.74 Å². The first-order valence-electron chi connectivity index (χ1n) is 12.0. The van der Waals surface area contributed by atoms with E-state index in [1.807, 2.05) is 12.1 Å². The molecule has 4 aromatic rings. The molecule has 182 valence electrons. The number of aryl methyl sites for hydroxylation is 1. The number of hydrogen-bond acceptors (Lipinski definition) is 1. The van der Waals surface area contributed by atoms with Gasteiger partial charge in [-0.2, -0.15) is 0 Å². The molecule has 5 heteroatoms. The molecule has 0 amide bonds. The molecule has 0 aromatic heterocycles. The van der Waals surface area contributed by atoms with Crippen molar-refractivity contribution < 1.29 is 22.3 Å². The van der Waals surface area contributed by atoms with E-state index in [0.717, 1.165) is 42.0 Å². The van der Waals surface area contributed by atoms with Crippen molar-refractivity contribution in [2.75, 3.05) is 7.11 Å². The minimum absolute atomic E-state index is 0.0240. The molecule has 0 aliphatic rings. The molecule has 4 aromatic carbocycles. The molecule has 4 rings (SSSR count). The smallest absolute Gasteiger partial charge is 0.165 e. The Balaban J connectivity index is 1.63. The van der Waals surface area contributed by atoms with Crippen molar-refractivity contribution in [1.82, 2.24) is 0 Å². The quantitative estimate of drug-likeness (QED) is 0.171. The predicted octanol–water partition coefficient (Wildman–Crippen LogP) is 9.25. The maximum Gasteiger partial charge on any atom is 0.165 e. The average molecular weight is 481 g/mol. The van der Waals surface area contributed by atoms with E-state index in [1.54, 1.807) is 18.2 Å². The van der Waals surface area contributed by atoms with Crippen molar-refractivity contribution in [1.29, 1.82) is 0 Å². The van der Waals surface area contributed by atoms with Crippen molar-refractivity contribution in [3.05, 3.63) is 89.5 Å². The standard InChI is InChI=1S/C30H28F4O/c1-3-4-5-6-7-8-19-9-12-23-20(15-19)10-13-24(30(23)34)22-17-26(32)29(27(33)18-22)21-11-14-28(35-2)25(31)16-21/h9-18H,3-8H2,1-2H3. The zero-order valence-corrected chi connectivity index (χ0v) is 19.9. The van der Waals surface area contributed by atoms with E-state index >= 15 is 4.39 Å². The molecule has 0 atom stereocenters. The molecule has 0 aliphatic carbocycles. The van der Waals surface area contributed by atoms with Gasteiger partial charge in [-0.05, 0) is 59.2 Å². The van der Waals surface area contributed by atoms with E-state index in [4.69, 9.17) is 4.74 Å². The van der Waals surface area contributed by atoms with Crippen LogP contribution in [0.2, 0.25) is 0 Å². The Morgan fingerprint density at radius 3 is 2.09 bits per heavy atom. The summed E-state index contributed by atoms with van der Waals surface area (Å²) in [7, 11) is 1.31. The van der Waals surface area contributed by atoms with E-state index in [2.05, 4.69) is 6.92 Å². The maximum absolute atomic E-state index is 15.4. The number of hydrogen-bond donors (Lipinski definition) is 0. The van der Waals surface area contributed by atoms with Gasteiger partial charge in [0.05, 0.1) is 12.7 Å². The second-order valence-corrected chi connectivity index (χ2v) is 8.81. The van der Waals surface area contributed by atoms with E-state index in [-0.39, 0.29) is 28.0 Å². The van der Waals surface area contributed by atoms with Crippen molar-refractivity contribution in [3.8, 4) is 28.0 Å². The van der Waals surface area contributed by atoms with Crippen LogP contribution in [0.15, 0.2) is 60.7 Å². The van der Waals surface area contributed by atoms with E-state index in [0.29, 0.717) is 5.39 Å². The largest absolute Gasteiger partial charge is 0.494 e. The van der Waals surface area contributed by atoms with Crippen LogP contribution in [0.4, 0.5) is 17.6 Å². The lowest BCUT2D eigenvalue weighted by Gasteiger charge is -2.12. The van der Waals surface area contributed by atoms with Gasteiger partial charge in [-0.1, -0.05) is 69.0 Å². The Labute approximate surface area is 203 Å². The topological polar surface area (TPSA) is 9.23 Å². The minimum atomic E-state index is -0.900. The van der Waals surface area contributed by atoms with E-state index in [1.165, 1.54) is 44.9 Å². The molecule has 0 spiro atoms. The summed E-state index contributed by atoms with van der Waals surface area (Å²) in [5.74, 6) is -3.08. The highest BCUT2D eigenvalue weighted by molar-refractivity contribution is 5.89. The van der Waals surface area contributed by atoms with Crippen molar-refractivity contribution >= 4 is 10.8 Å². The highest BCUT2D eigenvalue weighted by Gasteiger charge is 2.18. The molecule has 0 saturated heterocycles. The lowest BCUT2D eigenvalue weighted by atomic mass is 9.95. The lowest BCUT2D eigenvalue weighted by Crippen LogP contribution is -1.96. The summed E-state index contributed by atoms with van der Waals surface area (Å²) in [6, 6.07) is 14.8. The molecule has 0 bridgehead atoms. The van der Waals surface area contributed by atoms with Gasteiger partial charge in [-0.25, -0.2) is 17.6 Å². The van der Waals surface area contributed by atoms with Gasteiger partial charge in [-0.3, -0.25) is 0 Å². The summed E-state index contributed by atoms with van der Waals surface area (Å²) >= 11 is 0. The summed E-state index contributed by atoms with van der Waals surface area (Å²) in [4.78, 5) is 0.